The molecular formula is C12H12Cl2N2O2. The second kappa shape index (κ2) is 4.78. The molecule has 0 unspecified atom stereocenters. The molecule has 18 heavy (non-hydrogen) atoms. The van der Waals surface area contributed by atoms with Crippen LogP contribution in [0.3, 0.4) is 0 Å². The van der Waals surface area contributed by atoms with Crippen molar-refractivity contribution in [2.24, 2.45) is 5.92 Å². The van der Waals surface area contributed by atoms with E-state index in [2.05, 4.69) is 10.6 Å². The Labute approximate surface area is 115 Å². The molecule has 4 nitrogen and oxygen atoms in total. The number of hydrogen-bond acceptors (Lipinski definition) is 2. The molecule has 0 saturated heterocycles. The van der Waals surface area contributed by atoms with E-state index in [9.17, 15) is 9.59 Å². The van der Waals surface area contributed by atoms with Crippen LogP contribution >= 0.6 is 23.2 Å². The Morgan fingerprint density at radius 1 is 1.17 bits per heavy atom. The van der Waals surface area contributed by atoms with Crippen LogP contribution in [-0.2, 0) is 9.59 Å². The summed E-state index contributed by atoms with van der Waals surface area (Å²) in [5.41, 5.74) is 1.32. The first-order valence-electron chi connectivity index (χ1n) is 5.45. The first kappa shape index (κ1) is 13.2. The van der Waals surface area contributed by atoms with Crippen LogP contribution in [0, 0.1) is 5.92 Å². The molecule has 0 bridgehead atoms. The summed E-state index contributed by atoms with van der Waals surface area (Å²) in [7, 11) is 0. The molecule has 1 saturated carbocycles. The second-order valence-electron chi connectivity index (χ2n) is 4.27. The van der Waals surface area contributed by atoms with Gasteiger partial charge in [0.05, 0.1) is 5.92 Å². The third-order valence-electron chi connectivity index (χ3n) is 2.62. The molecule has 0 aliphatic heterocycles. The summed E-state index contributed by atoms with van der Waals surface area (Å²) >= 11 is 11.6. The number of amides is 2. The van der Waals surface area contributed by atoms with Crippen molar-refractivity contribution >= 4 is 46.4 Å². The van der Waals surface area contributed by atoms with Gasteiger partial charge in [0.15, 0.2) is 0 Å². The van der Waals surface area contributed by atoms with E-state index in [1.54, 1.807) is 24.3 Å². The van der Waals surface area contributed by atoms with Crippen molar-refractivity contribution in [3.05, 3.63) is 24.3 Å². The SMILES string of the molecule is CC(=O)Nc1ccc(NC(=O)[C@H]2CC2(Cl)Cl)cc1. The summed E-state index contributed by atoms with van der Waals surface area (Å²) in [4.78, 5) is 22.5. The minimum atomic E-state index is -0.916. The van der Waals surface area contributed by atoms with E-state index in [1.807, 2.05) is 0 Å². The quantitative estimate of drug-likeness (QED) is 0.840. The van der Waals surface area contributed by atoms with Crippen LogP contribution in [-0.4, -0.2) is 16.1 Å². The molecule has 6 heteroatoms. The van der Waals surface area contributed by atoms with Crippen molar-refractivity contribution in [2.75, 3.05) is 10.6 Å². The zero-order valence-corrected chi connectivity index (χ0v) is 11.2. The minimum Gasteiger partial charge on any atom is -0.326 e. The molecule has 1 aromatic rings. The fourth-order valence-electron chi connectivity index (χ4n) is 1.57. The van der Waals surface area contributed by atoms with E-state index in [0.29, 0.717) is 17.8 Å². The predicted molar refractivity (Wildman–Crippen MR) is 71.9 cm³/mol. The van der Waals surface area contributed by atoms with Crippen LogP contribution in [0.4, 0.5) is 11.4 Å². The lowest BCUT2D eigenvalue weighted by Gasteiger charge is -2.07. The molecule has 0 radical (unpaired) electrons. The Morgan fingerprint density at radius 3 is 2.00 bits per heavy atom. The maximum atomic E-state index is 11.7. The summed E-state index contributed by atoms with van der Waals surface area (Å²) in [6.07, 6.45) is 0.478. The zero-order chi connectivity index (χ0) is 13.3. The summed E-state index contributed by atoms with van der Waals surface area (Å²) in [6.45, 7) is 1.43. The Kier molecular flexibility index (Phi) is 3.50. The van der Waals surface area contributed by atoms with Gasteiger partial charge in [0.25, 0.3) is 0 Å². The Balaban J connectivity index is 1.94. The van der Waals surface area contributed by atoms with Crippen LogP contribution in [0.5, 0.6) is 0 Å². The lowest BCUT2D eigenvalue weighted by atomic mass is 10.2. The summed E-state index contributed by atoms with van der Waals surface area (Å²) in [5.74, 6) is -0.679. The molecule has 2 rings (SSSR count). The number of alkyl halides is 2. The smallest absolute Gasteiger partial charge is 0.230 e. The lowest BCUT2D eigenvalue weighted by molar-refractivity contribution is -0.117. The highest BCUT2D eigenvalue weighted by Crippen LogP contribution is 2.53. The lowest BCUT2D eigenvalue weighted by Crippen LogP contribution is -2.16. The maximum absolute atomic E-state index is 11.7. The van der Waals surface area contributed by atoms with Crippen LogP contribution < -0.4 is 10.6 Å². The van der Waals surface area contributed by atoms with Gasteiger partial charge in [-0.2, -0.15) is 0 Å². The number of hydrogen-bond donors (Lipinski definition) is 2. The summed E-state index contributed by atoms with van der Waals surface area (Å²) < 4.78 is -0.916. The maximum Gasteiger partial charge on any atom is 0.230 e. The van der Waals surface area contributed by atoms with Gasteiger partial charge in [-0.25, -0.2) is 0 Å². The molecular weight excluding hydrogens is 275 g/mol. The molecule has 2 amide bonds. The van der Waals surface area contributed by atoms with Gasteiger partial charge in [0, 0.05) is 18.3 Å². The standard InChI is InChI=1S/C12H12Cl2N2O2/c1-7(17)15-8-2-4-9(5-3-8)16-11(18)10-6-12(10,13)14/h2-5,10H,6H2,1H3,(H,15,17)(H,16,18)/t10-/m1/s1. The van der Waals surface area contributed by atoms with Gasteiger partial charge in [-0.3, -0.25) is 9.59 Å². The number of carbonyl (C=O) groups excluding carboxylic acids is 2. The van der Waals surface area contributed by atoms with Crippen molar-refractivity contribution in [1.29, 1.82) is 0 Å². The fourth-order valence-corrected chi connectivity index (χ4v) is 2.07. The fraction of sp³-hybridized carbons (Fsp3) is 0.333. The van der Waals surface area contributed by atoms with Gasteiger partial charge in [0.2, 0.25) is 11.8 Å². The largest absolute Gasteiger partial charge is 0.326 e. The normalized spacial score (nSPS) is 20.1. The van der Waals surface area contributed by atoms with Gasteiger partial charge >= 0.3 is 0 Å². The highest BCUT2D eigenvalue weighted by molar-refractivity contribution is 6.52. The van der Waals surface area contributed by atoms with Gasteiger partial charge in [-0.1, -0.05) is 0 Å². The number of benzene rings is 1. The molecule has 1 atom stereocenters. The molecule has 1 aliphatic rings. The molecule has 96 valence electrons. The monoisotopic (exact) mass is 286 g/mol. The second-order valence-corrected chi connectivity index (χ2v) is 5.81. The first-order valence-corrected chi connectivity index (χ1v) is 6.20. The van der Waals surface area contributed by atoms with Crippen LogP contribution in [0.1, 0.15) is 13.3 Å². The Bertz CT molecular complexity index is 485. The van der Waals surface area contributed by atoms with Crippen molar-refractivity contribution in [2.45, 2.75) is 17.7 Å². The van der Waals surface area contributed by atoms with Crippen LogP contribution in [0.25, 0.3) is 0 Å². The van der Waals surface area contributed by atoms with Crippen molar-refractivity contribution in [1.82, 2.24) is 0 Å². The molecule has 0 spiro atoms. The van der Waals surface area contributed by atoms with Crippen LogP contribution in [0.2, 0.25) is 0 Å². The third kappa shape index (κ3) is 3.15. The average molecular weight is 287 g/mol. The predicted octanol–water partition coefficient (Wildman–Crippen LogP) is 2.78. The summed E-state index contributed by atoms with van der Waals surface area (Å²) in [6, 6.07) is 6.82. The van der Waals surface area contributed by atoms with Crippen LogP contribution in [0.15, 0.2) is 24.3 Å². The highest BCUT2D eigenvalue weighted by atomic mass is 35.5. The average Bonchev–Trinajstić information content (AvgIpc) is 2.90. The Hall–Kier alpha value is -1.26. The minimum absolute atomic E-state index is 0.140. The Morgan fingerprint density at radius 2 is 1.61 bits per heavy atom. The van der Waals surface area contributed by atoms with Gasteiger partial charge < -0.3 is 10.6 Å². The van der Waals surface area contributed by atoms with E-state index < -0.39 is 4.33 Å². The first-order chi connectivity index (χ1) is 8.38. The zero-order valence-electron chi connectivity index (χ0n) is 9.67. The summed E-state index contributed by atoms with van der Waals surface area (Å²) in [5, 5.41) is 5.36. The number of rotatable bonds is 3. The van der Waals surface area contributed by atoms with Gasteiger partial charge in [-0.15, -0.1) is 23.2 Å². The molecule has 1 aliphatic carbocycles. The highest BCUT2D eigenvalue weighted by Gasteiger charge is 2.56. The molecule has 1 fully saturated rings. The van der Waals surface area contributed by atoms with Crippen molar-refractivity contribution in [3.8, 4) is 0 Å². The number of nitrogens with one attached hydrogen (secondary N) is 2. The van der Waals surface area contributed by atoms with Crippen molar-refractivity contribution in [3.63, 3.8) is 0 Å². The third-order valence-corrected chi connectivity index (χ3v) is 3.45. The molecule has 0 heterocycles. The van der Waals surface area contributed by atoms with Crippen molar-refractivity contribution < 1.29 is 9.59 Å². The number of anilines is 2. The molecule has 1 aromatic carbocycles. The van der Waals surface area contributed by atoms with Gasteiger partial charge in [0.1, 0.15) is 4.33 Å². The van der Waals surface area contributed by atoms with E-state index in [0.717, 1.165) is 0 Å². The van der Waals surface area contributed by atoms with E-state index in [4.69, 9.17) is 23.2 Å². The van der Waals surface area contributed by atoms with Gasteiger partial charge in [-0.05, 0) is 30.7 Å². The van der Waals surface area contributed by atoms with E-state index in [1.165, 1.54) is 6.92 Å². The number of carbonyl (C=O) groups is 2. The van der Waals surface area contributed by atoms with E-state index >= 15 is 0 Å². The topological polar surface area (TPSA) is 58.2 Å². The number of halogens is 2. The molecule has 2 N–H and O–H groups in total. The molecule has 0 aromatic heterocycles. The van der Waals surface area contributed by atoms with E-state index in [-0.39, 0.29) is 17.7 Å².